The predicted molar refractivity (Wildman–Crippen MR) is 105 cm³/mol. The molecule has 3 unspecified atom stereocenters. The molecule has 3 atom stereocenters. The van der Waals surface area contributed by atoms with E-state index in [0.717, 1.165) is 5.56 Å². The molecular formula is C22H26N2O3. The smallest absolute Gasteiger partial charge is 0.220 e. The fourth-order valence-electron chi connectivity index (χ4n) is 3.18. The number of amides is 2. The van der Waals surface area contributed by atoms with Gasteiger partial charge < -0.3 is 11.5 Å². The Hall–Kier alpha value is -2.95. The van der Waals surface area contributed by atoms with Gasteiger partial charge in [0, 0.05) is 23.0 Å². The molecule has 0 aromatic heterocycles. The van der Waals surface area contributed by atoms with Crippen LogP contribution in [0.15, 0.2) is 54.6 Å². The Kier molecular flexibility index (Phi) is 6.88. The molecule has 27 heavy (non-hydrogen) atoms. The quantitative estimate of drug-likeness (QED) is 0.667. The summed E-state index contributed by atoms with van der Waals surface area (Å²) in [7, 11) is 0. The molecule has 0 aliphatic rings. The molecule has 0 fully saturated rings. The zero-order valence-corrected chi connectivity index (χ0v) is 15.7. The summed E-state index contributed by atoms with van der Waals surface area (Å²) in [5, 5.41) is 0. The molecule has 0 radical (unpaired) electrons. The predicted octanol–water partition coefficient (Wildman–Crippen LogP) is 3.02. The van der Waals surface area contributed by atoms with Gasteiger partial charge in [0.2, 0.25) is 11.8 Å². The molecule has 2 aromatic rings. The lowest BCUT2D eigenvalue weighted by Gasteiger charge is -2.21. The summed E-state index contributed by atoms with van der Waals surface area (Å²) < 4.78 is 0. The van der Waals surface area contributed by atoms with Crippen molar-refractivity contribution in [2.24, 2.45) is 23.3 Å². The summed E-state index contributed by atoms with van der Waals surface area (Å²) in [4.78, 5) is 35.7. The Balaban J connectivity index is 2.16. The van der Waals surface area contributed by atoms with Crippen molar-refractivity contribution in [1.82, 2.24) is 0 Å². The second-order valence-electron chi connectivity index (χ2n) is 7.10. The first kappa shape index (κ1) is 20.4. The molecule has 142 valence electrons. The standard InChI is InChI=1S/C22H26N2O3/c1-14(11-19(22(24)27)12-15(2)21(23)26)17-9-6-10-18(13-17)20(25)16-7-4-3-5-8-16/h3-10,13-15,19H,11-12H2,1-2H3,(H2,23,26)(H2,24,27). The minimum Gasteiger partial charge on any atom is -0.369 e. The highest BCUT2D eigenvalue weighted by molar-refractivity contribution is 6.09. The van der Waals surface area contributed by atoms with E-state index in [1.807, 2.05) is 43.3 Å². The van der Waals surface area contributed by atoms with Crippen LogP contribution in [-0.4, -0.2) is 17.6 Å². The molecule has 2 aromatic carbocycles. The van der Waals surface area contributed by atoms with Crippen LogP contribution in [0.1, 0.15) is 54.1 Å². The zero-order chi connectivity index (χ0) is 20.0. The number of ketones is 1. The molecular weight excluding hydrogens is 340 g/mol. The third kappa shape index (κ3) is 5.51. The number of carbonyl (C=O) groups excluding carboxylic acids is 3. The van der Waals surface area contributed by atoms with E-state index >= 15 is 0 Å². The first-order valence-corrected chi connectivity index (χ1v) is 9.08. The second kappa shape index (κ2) is 9.12. The first-order chi connectivity index (χ1) is 12.8. The molecule has 0 heterocycles. The minimum absolute atomic E-state index is 0.00565. The van der Waals surface area contributed by atoms with Gasteiger partial charge in [0.05, 0.1) is 0 Å². The highest BCUT2D eigenvalue weighted by Crippen LogP contribution is 2.28. The number of hydrogen-bond donors (Lipinski definition) is 2. The molecule has 2 rings (SSSR count). The summed E-state index contributed by atoms with van der Waals surface area (Å²) in [5.74, 6) is -1.78. The minimum atomic E-state index is -0.448. The van der Waals surface area contributed by atoms with Gasteiger partial charge in [-0.1, -0.05) is 62.4 Å². The van der Waals surface area contributed by atoms with Gasteiger partial charge in [-0.3, -0.25) is 14.4 Å². The van der Waals surface area contributed by atoms with Gasteiger partial charge in [-0.2, -0.15) is 0 Å². The van der Waals surface area contributed by atoms with Crippen LogP contribution in [0.4, 0.5) is 0 Å². The van der Waals surface area contributed by atoms with Crippen molar-refractivity contribution < 1.29 is 14.4 Å². The van der Waals surface area contributed by atoms with Gasteiger partial charge in [0.1, 0.15) is 0 Å². The average Bonchev–Trinajstić information content (AvgIpc) is 2.67. The summed E-state index contributed by atoms with van der Waals surface area (Å²) in [6, 6.07) is 16.5. The molecule has 4 N–H and O–H groups in total. The maximum absolute atomic E-state index is 12.6. The van der Waals surface area contributed by atoms with Crippen molar-refractivity contribution >= 4 is 17.6 Å². The summed E-state index contributed by atoms with van der Waals surface area (Å²) in [6.07, 6.45) is 0.827. The Morgan fingerprint density at radius 2 is 1.44 bits per heavy atom. The van der Waals surface area contributed by atoms with Gasteiger partial charge in [-0.25, -0.2) is 0 Å². The largest absolute Gasteiger partial charge is 0.369 e. The van der Waals surface area contributed by atoms with Crippen LogP contribution in [-0.2, 0) is 9.59 Å². The molecule has 5 heteroatoms. The molecule has 0 aliphatic heterocycles. The van der Waals surface area contributed by atoms with Crippen LogP contribution < -0.4 is 11.5 Å². The molecule has 0 aliphatic carbocycles. The van der Waals surface area contributed by atoms with Gasteiger partial charge in [-0.15, -0.1) is 0 Å². The van der Waals surface area contributed by atoms with Gasteiger partial charge in [0.15, 0.2) is 5.78 Å². The van der Waals surface area contributed by atoms with Crippen molar-refractivity contribution in [3.8, 4) is 0 Å². The molecule has 2 amide bonds. The van der Waals surface area contributed by atoms with E-state index in [9.17, 15) is 14.4 Å². The van der Waals surface area contributed by atoms with Crippen LogP contribution >= 0.6 is 0 Å². The molecule has 0 bridgehead atoms. The van der Waals surface area contributed by atoms with Crippen molar-refractivity contribution in [3.63, 3.8) is 0 Å². The zero-order valence-electron chi connectivity index (χ0n) is 15.7. The molecule has 0 saturated carbocycles. The third-order valence-corrected chi connectivity index (χ3v) is 4.92. The number of hydrogen-bond acceptors (Lipinski definition) is 3. The maximum atomic E-state index is 12.6. The van der Waals surface area contributed by atoms with E-state index in [0.29, 0.717) is 24.0 Å². The van der Waals surface area contributed by atoms with E-state index in [1.54, 1.807) is 25.1 Å². The molecule has 5 nitrogen and oxygen atoms in total. The maximum Gasteiger partial charge on any atom is 0.220 e. The highest BCUT2D eigenvalue weighted by Gasteiger charge is 2.24. The summed E-state index contributed by atoms with van der Waals surface area (Å²) in [6.45, 7) is 3.68. The van der Waals surface area contributed by atoms with E-state index in [1.165, 1.54) is 0 Å². The summed E-state index contributed by atoms with van der Waals surface area (Å²) in [5.41, 5.74) is 13.0. The number of carbonyl (C=O) groups is 3. The SMILES string of the molecule is CC(CC(CC(C)c1cccc(C(=O)c2ccccc2)c1)C(N)=O)C(N)=O. The van der Waals surface area contributed by atoms with Crippen molar-refractivity contribution in [2.45, 2.75) is 32.6 Å². The second-order valence-corrected chi connectivity index (χ2v) is 7.10. The van der Waals surface area contributed by atoms with Crippen LogP contribution in [0.2, 0.25) is 0 Å². The van der Waals surface area contributed by atoms with Crippen LogP contribution in [0, 0.1) is 11.8 Å². The van der Waals surface area contributed by atoms with Gasteiger partial charge >= 0.3 is 0 Å². The summed E-state index contributed by atoms with van der Waals surface area (Å²) >= 11 is 0. The lowest BCUT2D eigenvalue weighted by molar-refractivity contribution is -0.124. The van der Waals surface area contributed by atoms with Gasteiger partial charge in [-0.05, 0) is 30.4 Å². The normalized spacial score (nSPS) is 14.1. The van der Waals surface area contributed by atoms with Crippen LogP contribution in [0.25, 0.3) is 0 Å². The van der Waals surface area contributed by atoms with Crippen molar-refractivity contribution in [2.75, 3.05) is 0 Å². The monoisotopic (exact) mass is 366 g/mol. The molecule has 0 spiro atoms. The number of rotatable bonds is 9. The Morgan fingerprint density at radius 1 is 0.815 bits per heavy atom. The van der Waals surface area contributed by atoms with E-state index < -0.39 is 23.7 Å². The highest BCUT2D eigenvalue weighted by atomic mass is 16.2. The van der Waals surface area contributed by atoms with E-state index in [-0.39, 0.29) is 11.7 Å². The fraction of sp³-hybridized carbons (Fsp3) is 0.318. The van der Waals surface area contributed by atoms with Gasteiger partial charge in [0.25, 0.3) is 0 Å². The Labute approximate surface area is 159 Å². The third-order valence-electron chi connectivity index (χ3n) is 4.92. The number of benzene rings is 2. The van der Waals surface area contributed by atoms with Crippen molar-refractivity contribution in [3.05, 3.63) is 71.3 Å². The average molecular weight is 366 g/mol. The lowest BCUT2D eigenvalue weighted by Crippen LogP contribution is -2.30. The van der Waals surface area contributed by atoms with Crippen molar-refractivity contribution in [1.29, 1.82) is 0 Å². The Bertz CT molecular complexity index is 817. The first-order valence-electron chi connectivity index (χ1n) is 9.08. The van der Waals surface area contributed by atoms with Crippen LogP contribution in [0.3, 0.4) is 0 Å². The lowest BCUT2D eigenvalue weighted by atomic mass is 9.84. The number of primary amides is 2. The fourth-order valence-corrected chi connectivity index (χ4v) is 3.18. The van der Waals surface area contributed by atoms with Crippen LogP contribution in [0.5, 0.6) is 0 Å². The number of nitrogens with two attached hydrogens (primary N) is 2. The van der Waals surface area contributed by atoms with E-state index in [2.05, 4.69) is 0 Å². The molecule has 0 saturated heterocycles. The van der Waals surface area contributed by atoms with E-state index in [4.69, 9.17) is 11.5 Å². The topological polar surface area (TPSA) is 103 Å². The Morgan fingerprint density at radius 3 is 2.04 bits per heavy atom.